The summed E-state index contributed by atoms with van der Waals surface area (Å²) < 4.78 is 37.8. The van der Waals surface area contributed by atoms with Crippen molar-refractivity contribution in [2.24, 2.45) is 23.5 Å². The van der Waals surface area contributed by atoms with Crippen molar-refractivity contribution < 1.29 is 18.0 Å². The number of carbonyl (C=O) groups excluding carboxylic acids is 1. The standard InChI is InChI=1S/C14H23F3N2O/c1-9-2-3-10(8-12(9)18)13(20)19-6-4-11(5-7-19)14(15,16)17/h9-12H,2-8,18H2,1H3. The van der Waals surface area contributed by atoms with Crippen LogP contribution in [0, 0.1) is 17.8 Å². The Morgan fingerprint density at radius 3 is 2.25 bits per heavy atom. The predicted molar refractivity (Wildman–Crippen MR) is 69.8 cm³/mol. The van der Waals surface area contributed by atoms with Gasteiger partial charge in [0.1, 0.15) is 0 Å². The molecule has 2 rings (SSSR count). The van der Waals surface area contributed by atoms with Crippen molar-refractivity contribution >= 4 is 5.91 Å². The number of hydrogen-bond donors (Lipinski definition) is 1. The molecular formula is C14H23F3N2O. The Morgan fingerprint density at radius 1 is 1.15 bits per heavy atom. The minimum atomic E-state index is -4.13. The second kappa shape index (κ2) is 5.92. The molecular weight excluding hydrogens is 269 g/mol. The molecule has 0 aromatic heterocycles. The molecule has 1 saturated heterocycles. The van der Waals surface area contributed by atoms with Crippen LogP contribution in [0.3, 0.4) is 0 Å². The highest BCUT2D eigenvalue weighted by Crippen LogP contribution is 2.35. The number of rotatable bonds is 1. The average molecular weight is 292 g/mol. The Kier molecular flexibility index (Phi) is 4.62. The maximum absolute atomic E-state index is 12.6. The van der Waals surface area contributed by atoms with Crippen LogP contribution >= 0.6 is 0 Å². The van der Waals surface area contributed by atoms with Crippen LogP contribution in [0.25, 0.3) is 0 Å². The van der Waals surface area contributed by atoms with Crippen LogP contribution in [0.15, 0.2) is 0 Å². The quantitative estimate of drug-likeness (QED) is 0.807. The highest BCUT2D eigenvalue weighted by molar-refractivity contribution is 5.79. The van der Waals surface area contributed by atoms with Gasteiger partial charge in [-0.1, -0.05) is 6.92 Å². The molecule has 0 aromatic carbocycles. The van der Waals surface area contributed by atoms with Gasteiger partial charge >= 0.3 is 6.18 Å². The molecule has 1 aliphatic heterocycles. The zero-order chi connectivity index (χ0) is 14.9. The van der Waals surface area contributed by atoms with E-state index in [1.165, 1.54) is 0 Å². The molecule has 6 heteroatoms. The normalized spacial score (nSPS) is 33.2. The van der Waals surface area contributed by atoms with E-state index in [0.717, 1.165) is 12.8 Å². The van der Waals surface area contributed by atoms with Gasteiger partial charge in [0.15, 0.2) is 0 Å². The first-order valence-corrected chi connectivity index (χ1v) is 7.40. The molecule has 0 aromatic rings. The van der Waals surface area contributed by atoms with Gasteiger partial charge in [-0.2, -0.15) is 13.2 Å². The van der Waals surface area contributed by atoms with Crippen molar-refractivity contribution in [2.75, 3.05) is 13.1 Å². The maximum atomic E-state index is 12.6. The van der Waals surface area contributed by atoms with Gasteiger partial charge in [0.25, 0.3) is 0 Å². The highest BCUT2D eigenvalue weighted by atomic mass is 19.4. The third-order valence-corrected chi connectivity index (χ3v) is 4.88. The number of carbonyl (C=O) groups is 1. The van der Waals surface area contributed by atoms with Crippen molar-refractivity contribution in [2.45, 2.75) is 51.2 Å². The Bertz CT molecular complexity index is 351. The van der Waals surface area contributed by atoms with Gasteiger partial charge in [-0.15, -0.1) is 0 Å². The zero-order valence-corrected chi connectivity index (χ0v) is 11.8. The fourth-order valence-electron chi connectivity index (χ4n) is 3.27. The molecule has 1 heterocycles. The molecule has 1 saturated carbocycles. The molecule has 0 radical (unpaired) electrons. The molecule has 0 bridgehead atoms. The van der Waals surface area contributed by atoms with Gasteiger partial charge in [0.2, 0.25) is 5.91 Å². The van der Waals surface area contributed by atoms with Crippen molar-refractivity contribution in [3.8, 4) is 0 Å². The number of halogens is 3. The minimum absolute atomic E-state index is 0.00738. The minimum Gasteiger partial charge on any atom is -0.342 e. The number of nitrogens with zero attached hydrogens (tertiary/aromatic N) is 1. The van der Waals surface area contributed by atoms with E-state index < -0.39 is 12.1 Å². The topological polar surface area (TPSA) is 46.3 Å². The Labute approximate surface area is 117 Å². The first-order valence-electron chi connectivity index (χ1n) is 7.40. The van der Waals surface area contributed by atoms with E-state index in [0.29, 0.717) is 12.3 Å². The van der Waals surface area contributed by atoms with Gasteiger partial charge in [0.05, 0.1) is 5.92 Å². The molecule has 3 atom stereocenters. The van der Waals surface area contributed by atoms with E-state index in [2.05, 4.69) is 6.92 Å². The molecule has 2 N–H and O–H groups in total. The number of nitrogens with two attached hydrogens (primary N) is 1. The summed E-state index contributed by atoms with van der Waals surface area (Å²) in [6, 6.07) is 0.0328. The van der Waals surface area contributed by atoms with Gasteiger partial charge < -0.3 is 10.6 Å². The summed E-state index contributed by atoms with van der Waals surface area (Å²) in [4.78, 5) is 14.0. The number of likely N-dealkylation sites (tertiary alicyclic amines) is 1. The fraction of sp³-hybridized carbons (Fsp3) is 0.929. The summed E-state index contributed by atoms with van der Waals surface area (Å²) in [5.74, 6) is -0.910. The first-order chi connectivity index (χ1) is 9.29. The average Bonchev–Trinajstić information content (AvgIpc) is 2.40. The van der Waals surface area contributed by atoms with Crippen LogP contribution in [0.1, 0.15) is 39.0 Å². The molecule has 3 nitrogen and oxygen atoms in total. The second-order valence-corrected chi connectivity index (χ2v) is 6.29. The molecule has 1 aliphatic carbocycles. The van der Waals surface area contributed by atoms with Crippen LogP contribution < -0.4 is 5.73 Å². The Morgan fingerprint density at radius 2 is 1.75 bits per heavy atom. The van der Waals surface area contributed by atoms with Gasteiger partial charge in [-0.25, -0.2) is 0 Å². The predicted octanol–water partition coefficient (Wildman–Crippen LogP) is 2.55. The number of piperidine rings is 1. The van der Waals surface area contributed by atoms with Crippen molar-refractivity contribution in [1.82, 2.24) is 4.90 Å². The summed E-state index contributed by atoms with van der Waals surface area (Å²) >= 11 is 0. The van der Waals surface area contributed by atoms with Crippen LogP contribution in [-0.2, 0) is 4.79 Å². The third kappa shape index (κ3) is 3.45. The largest absolute Gasteiger partial charge is 0.391 e. The number of hydrogen-bond acceptors (Lipinski definition) is 2. The smallest absolute Gasteiger partial charge is 0.342 e. The lowest BCUT2D eigenvalue weighted by Gasteiger charge is -2.38. The van der Waals surface area contributed by atoms with E-state index in [-0.39, 0.29) is 43.8 Å². The van der Waals surface area contributed by atoms with E-state index in [9.17, 15) is 18.0 Å². The molecule has 20 heavy (non-hydrogen) atoms. The van der Waals surface area contributed by atoms with Crippen LogP contribution in [0.4, 0.5) is 13.2 Å². The van der Waals surface area contributed by atoms with E-state index in [4.69, 9.17) is 5.73 Å². The van der Waals surface area contributed by atoms with E-state index >= 15 is 0 Å². The summed E-state index contributed by atoms with van der Waals surface area (Å²) in [6.07, 6.45) is -1.66. The molecule has 116 valence electrons. The first kappa shape index (κ1) is 15.6. The molecule has 1 amide bonds. The van der Waals surface area contributed by atoms with Gasteiger partial charge in [-0.3, -0.25) is 4.79 Å². The summed E-state index contributed by atoms with van der Waals surface area (Å²) in [7, 11) is 0. The molecule has 2 aliphatic rings. The van der Waals surface area contributed by atoms with Crippen LogP contribution in [0.2, 0.25) is 0 Å². The summed E-state index contributed by atoms with van der Waals surface area (Å²) in [5.41, 5.74) is 6.00. The maximum Gasteiger partial charge on any atom is 0.391 e. The lowest BCUT2D eigenvalue weighted by Crippen LogP contribution is -2.47. The Hall–Kier alpha value is -0.780. The van der Waals surface area contributed by atoms with Crippen LogP contribution in [0.5, 0.6) is 0 Å². The van der Waals surface area contributed by atoms with Crippen molar-refractivity contribution in [1.29, 1.82) is 0 Å². The van der Waals surface area contributed by atoms with Gasteiger partial charge in [-0.05, 0) is 38.0 Å². The van der Waals surface area contributed by atoms with Gasteiger partial charge in [0, 0.05) is 25.0 Å². The third-order valence-electron chi connectivity index (χ3n) is 4.88. The molecule has 3 unspecified atom stereocenters. The molecule has 2 fully saturated rings. The number of alkyl halides is 3. The number of amides is 1. The molecule has 0 spiro atoms. The fourth-order valence-corrected chi connectivity index (χ4v) is 3.27. The Balaban J connectivity index is 1.86. The SMILES string of the molecule is CC1CCC(C(=O)N2CCC(C(F)(F)F)CC2)CC1N. The summed E-state index contributed by atoms with van der Waals surface area (Å²) in [6.45, 7) is 2.54. The monoisotopic (exact) mass is 292 g/mol. The lowest BCUT2D eigenvalue weighted by molar-refractivity contribution is -0.187. The zero-order valence-electron chi connectivity index (χ0n) is 11.8. The second-order valence-electron chi connectivity index (χ2n) is 6.29. The van der Waals surface area contributed by atoms with Crippen molar-refractivity contribution in [3.63, 3.8) is 0 Å². The lowest BCUT2D eigenvalue weighted by atomic mass is 9.78. The van der Waals surface area contributed by atoms with Crippen LogP contribution in [-0.4, -0.2) is 36.1 Å². The van der Waals surface area contributed by atoms with E-state index in [1.807, 2.05) is 0 Å². The highest BCUT2D eigenvalue weighted by Gasteiger charge is 2.42. The summed E-state index contributed by atoms with van der Waals surface area (Å²) in [5, 5.41) is 0. The van der Waals surface area contributed by atoms with Crippen molar-refractivity contribution in [3.05, 3.63) is 0 Å². The van der Waals surface area contributed by atoms with E-state index in [1.54, 1.807) is 4.90 Å².